The largest absolute Gasteiger partial charge is 0.348 e. The maximum absolute atomic E-state index is 11.9. The summed E-state index contributed by atoms with van der Waals surface area (Å²) in [6.45, 7) is 3.20. The van der Waals surface area contributed by atoms with E-state index in [2.05, 4.69) is 10.0 Å². The summed E-state index contributed by atoms with van der Waals surface area (Å²) in [5.74, 6) is -0.445. The number of carbonyl (C=O) groups excluding carboxylic acids is 1. The van der Waals surface area contributed by atoms with E-state index in [1.54, 1.807) is 25.1 Å². The minimum absolute atomic E-state index is 0.366. The zero-order valence-corrected chi connectivity index (χ0v) is 13.6. The molecule has 20 heavy (non-hydrogen) atoms. The lowest BCUT2D eigenvalue weighted by Gasteiger charge is -2.19. The van der Waals surface area contributed by atoms with Gasteiger partial charge in [0.2, 0.25) is 15.9 Å². The number of sulfonamides is 1. The highest BCUT2D eigenvalue weighted by atomic mass is 35.5. The van der Waals surface area contributed by atoms with Crippen LogP contribution in [0.25, 0.3) is 0 Å². The van der Waals surface area contributed by atoms with E-state index in [0.717, 1.165) is 6.26 Å². The van der Waals surface area contributed by atoms with Gasteiger partial charge in [-0.2, -0.15) is 0 Å². The fourth-order valence-corrected chi connectivity index (χ4v) is 2.87. The molecular formula is C12H16Cl2N2O3S. The van der Waals surface area contributed by atoms with Gasteiger partial charge in [0.05, 0.1) is 28.4 Å². The molecule has 112 valence electrons. The summed E-state index contributed by atoms with van der Waals surface area (Å²) in [6, 6.07) is 3.86. The van der Waals surface area contributed by atoms with Gasteiger partial charge < -0.3 is 5.32 Å². The Hall–Kier alpha value is -0.820. The van der Waals surface area contributed by atoms with Crippen molar-refractivity contribution in [3.63, 3.8) is 0 Å². The fourth-order valence-electron chi connectivity index (χ4n) is 1.65. The molecule has 0 fully saturated rings. The molecule has 0 saturated heterocycles. The number of rotatable bonds is 5. The van der Waals surface area contributed by atoms with Crippen molar-refractivity contribution in [1.29, 1.82) is 0 Å². The number of hydrogen-bond donors (Lipinski definition) is 2. The average Bonchev–Trinajstić information content (AvgIpc) is 2.30. The highest BCUT2D eigenvalue weighted by molar-refractivity contribution is 7.88. The van der Waals surface area contributed by atoms with Crippen molar-refractivity contribution < 1.29 is 13.2 Å². The van der Waals surface area contributed by atoms with Gasteiger partial charge in [0.15, 0.2) is 0 Å². The minimum atomic E-state index is -3.44. The maximum atomic E-state index is 11.9. The molecule has 0 aromatic heterocycles. The van der Waals surface area contributed by atoms with Crippen LogP contribution in [0, 0.1) is 0 Å². The molecule has 2 N–H and O–H groups in total. The second-order valence-electron chi connectivity index (χ2n) is 4.49. The number of halogens is 2. The first-order valence-electron chi connectivity index (χ1n) is 5.83. The molecule has 0 bridgehead atoms. The van der Waals surface area contributed by atoms with Gasteiger partial charge in [-0.05, 0) is 25.5 Å². The summed E-state index contributed by atoms with van der Waals surface area (Å²) in [7, 11) is -3.44. The molecule has 0 aliphatic carbocycles. The Labute approximate surface area is 128 Å². The third kappa shape index (κ3) is 4.94. The van der Waals surface area contributed by atoms with Crippen LogP contribution < -0.4 is 10.0 Å². The molecular weight excluding hydrogens is 323 g/mol. The lowest BCUT2D eigenvalue weighted by Crippen LogP contribution is -2.45. The minimum Gasteiger partial charge on any atom is -0.348 e. The maximum Gasteiger partial charge on any atom is 0.238 e. The quantitative estimate of drug-likeness (QED) is 0.863. The second-order valence-corrected chi connectivity index (χ2v) is 7.05. The van der Waals surface area contributed by atoms with E-state index in [1.165, 1.54) is 6.92 Å². The predicted molar refractivity (Wildman–Crippen MR) is 80.5 cm³/mol. The average molecular weight is 339 g/mol. The molecule has 1 amide bonds. The first-order valence-corrected chi connectivity index (χ1v) is 8.48. The Kier molecular flexibility index (Phi) is 5.82. The normalized spacial score (nSPS) is 14.7. The van der Waals surface area contributed by atoms with E-state index in [1.807, 2.05) is 0 Å². The molecule has 1 aromatic carbocycles. The van der Waals surface area contributed by atoms with E-state index in [0.29, 0.717) is 15.6 Å². The fraction of sp³-hybridized carbons (Fsp3) is 0.417. The third-order valence-electron chi connectivity index (χ3n) is 2.59. The van der Waals surface area contributed by atoms with Crippen LogP contribution in [0.3, 0.4) is 0 Å². The van der Waals surface area contributed by atoms with Gasteiger partial charge >= 0.3 is 0 Å². The zero-order chi connectivity index (χ0) is 15.5. The summed E-state index contributed by atoms with van der Waals surface area (Å²) in [5.41, 5.74) is 0.666. The summed E-state index contributed by atoms with van der Waals surface area (Å²) in [6.07, 6.45) is 0.994. The molecule has 5 nitrogen and oxygen atoms in total. The molecule has 0 aliphatic rings. The Morgan fingerprint density at radius 2 is 1.85 bits per heavy atom. The molecule has 0 aliphatic heterocycles. The Balaban J connectivity index is 2.78. The molecule has 8 heteroatoms. The number of hydrogen-bond acceptors (Lipinski definition) is 3. The molecule has 0 heterocycles. The Bertz CT molecular complexity index is 605. The summed E-state index contributed by atoms with van der Waals surface area (Å²) in [4.78, 5) is 11.9. The lowest BCUT2D eigenvalue weighted by molar-refractivity contribution is -0.123. The summed E-state index contributed by atoms with van der Waals surface area (Å²) >= 11 is 12.0. The van der Waals surface area contributed by atoms with Crippen molar-refractivity contribution in [2.24, 2.45) is 0 Å². The molecule has 0 saturated carbocycles. The van der Waals surface area contributed by atoms with Gasteiger partial charge in [0.25, 0.3) is 0 Å². The van der Waals surface area contributed by atoms with Gasteiger partial charge in [0, 0.05) is 0 Å². The van der Waals surface area contributed by atoms with Crippen LogP contribution in [0.4, 0.5) is 0 Å². The third-order valence-corrected chi connectivity index (χ3v) is 4.21. The number of benzene rings is 1. The van der Waals surface area contributed by atoms with Crippen molar-refractivity contribution in [3.05, 3.63) is 33.8 Å². The second kappa shape index (κ2) is 6.76. The number of amides is 1. The molecule has 0 unspecified atom stereocenters. The molecule has 0 radical (unpaired) electrons. The van der Waals surface area contributed by atoms with Gasteiger partial charge in [-0.3, -0.25) is 4.79 Å². The van der Waals surface area contributed by atoms with Crippen LogP contribution in [0.2, 0.25) is 10.0 Å². The Morgan fingerprint density at radius 1 is 1.25 bits per heavy atom. The lowest BCUT2D eigenvalue weighted by atomic mass is 10.1. The van der Waals surface area contributed by atoms with E-state index < -0.39 is 28.0 Å². The van der Waals surface area contributed by atoms with E-state index in [-0.39, 0.29) is 0 Å². The highest BCUT2D eigenvalue weighted by Gasteiger charge is 2.20. The van der Waals surface area contributed by atoms with Crippen molar-refractivity contribution in [1.82, 2.24) is 10.0 Å². The molecule has 2 atom stereocenters. The molecule has 1 rings (SSSR count). The standard InChI is InChI=1S/C12H16Cl2N2O3S/c1-7(9-5-4-6-10(13)11(9)14)15-12(17)8(2)16-20(3,18)19/h4-8,16H,1-3H3,(H,15,17)/t7-,8-/m0/s1. The van der Waals surface area contributed by atoms with Gasteiger partial charge in [0.1, 0.15) is 0 Å². The first kappa shape index (κ1) is 17.2. The van der Waals surface area contributed by atoms with Gasteiger partial charge in [-0.15, -0.1) is 0 Å². The van der Waals surface area contributed by atoms with Crippen molar-refractivity contribution >= 4 is 39.1 Å². The Morgan fingerprint density at radius 3 is 2.40 bits per heavy atom. The van der Waals surface area contributed by atoms with Gasteiger partial charge in [-0.25, -0.2) is 13.1 Å². The van der Waals surface area contributed by atoms with Crippen molar-refractivity contribution in [3.8, 4) is 0 Å². The van der Waals surface area contributed by atoms with Crippen LogP contribution >= 0.6 is 23.2 Å². The number of nitrogens with one attached hydrogen (secondary N) is 2. The summed E-state index contributed by atoms with van der Waals surface area (Å²) in [5, 5.41) is 3.44. The van der Waals surface area contributed by atoms with E-state index in [9.17, 15) is 13.2 Å². The van der Waals surface area contributed by atoms with Crippen LogP contribution in [0.15, 0.2) is 18.2 Å². The first-order chi connectivity index (χ1) is 9.11. The van der Waals surface area contributed by atoms with Gasteiger partial charge in [-0.1, -0.05) is 35.3 Å². The monoisotopic (exact) mass is 338 g/mol. The topological polar surface area (TPSA) is 75.3 Å². The number of carbonyl (C=O) groups is 1. The van der Waals surface area contributed by atoms with Crippen LogP contribution in [0.1, 0.15) is 25.5 Å². The van der Waals surface area contributed by atoms with Crippen LogP contribution in [-0.2, 0) is 14.8 Å². The van der Waals surface area contributed by atoms with Crippen molar-refractivity contribution in [2.45, 2.75) is 25.9 Å². The highest BCUT2D eigenvalue weighted by Crippen LogP contribution is 2.29. The van der Waals surface area contributed by atoms with E-state index >= 15 is 0 Å². The predicted octanol–water partition coefficient (Wildman–Crippen LogP) is 2.11. The zero-order valence-electron chi connectivity index (χ0n) is 11.3. The van der Waals surface area contributed by atoms with E-state index in [4.69, 9.17) is 23.2 Å². The van der Waals surface area contributed by atoms with Crippen LogP contribution in [-0.4, -0.2) is 26.6 Å². The van der Waals surface area contributed by atoms with Crippen LogP contribution in [0.5, 0.6) is 0 Å². The summed E-state index contributed by atoms with van der Waals surface area (Å²) < 4.78 is 24.3. The smallest absolute Gasteiger partial charge is 0.238 e. The molecule has 0 spiro atoms. The SMILES string of the molecule is C[C@H](NS(C)(=O)=O)C(=O)N[C@@H](C)c1cccc(Cl)c1Cl. The molecule has 1 aromatic rings. The van der Waals surface area contributed by atoms with Crippen molar-refractivity contribution in [2.75, 3.05) is 6.26 Å².